The normalized spacial score (nSPS) is 26.5. The van der Waals surface area contributed by atoms with E-state index in [9.17, 15) is 9.18 Å². The van der Waals surface area contributed by atoms with Gasteiger partial charge in [0, 0.05) is 5.56 Å². The minimum Gasteiger partial charge on any atom is -0.348 e. The zero-order chi connectivity index (χ0) is 9.42. The Kier molecular flexibility index (Phi) is 1.79. The predicted molar refractivity (Wildman–Crippen MR) is 46.4 cm³/mol. The number of benzene rings is 1. The fraction of sp³-hybridized carbons (Fsp3) is 0.300. The molecular weight excluding hydrogens is 169 g/mol. The van der Waals surface area contributed by atoms with Crippen molar-refractivity contribution in [1.82, 2.24) is 5.32 Å². The lowest BCUT2D eigenvalue weighted by molar-refractivity contribution is -0.134. The van der Waals surface area contributed by atoms with Crippen LogP contribution in [0.15, 0.2) is 24.3 Å². The molecule has 1 aromatic carbocycles. The molecule has 2 rings (SSSR count). The average Bonchev–Trinajstić information content (AvgIpc) is 2.15. The van der Waals surface area contributed by atoms with Crippen LogP contribution in [0.4, 0.5) is 4.39 Å². The van der Waals surface area contributed by atoms with Gasteiger partial charge in [0.1, 0.15) is 5.82 Å². The van der Waals surface area contributed by atoms with Crippen molar-refractivity contribution in [1.29, 1.82) is 0 Å². The van der Waals surface area contributed by atoms with Gasteiger partial charge in [-0.15, -0.1) is 0 Å². The smallest absolute Gasteiger partial charge is 0.225 e. The van der Waals surface area contributed by atoms with E-state index in [0.29, 0.717) is 5.56 Å². The second kappa shape index (κ2) is 2.83. The summed E-state index contributed by atoms with van der Waals surface area (Å²) >= 11 is 0. The van der Waals surface area contributed by atoms with Crippen molar-refractivity contribution in [2.75, 3.05) is 0 Å². The van der Waals surface area contributed by atoms with Crippen molar-refractivity contribution in [2.45, 2.75) is 13.0 Å². The molecule has 1 saturated heterocycles. The maximum atomic E-state index is 13.2. The number of carbonyl (C=O) groups is 1. The van der Waals surface area contributed by atoms with E-state index in [4.69, 9.17) is 0 Å². The Balaban J connectivity index is 2.27. The van der Waals surface area contributed by atoms with Crippen LogP contribution in [-0.2, 0) is 4.79 Å². The van der Waals surface area contributed by atoms with Crippen LogP contribution in [0.2, 0.25) is 0 Å². The largest absolute Gasteiger partial charge is 0.348 e. The maximum Gasteiger partial charge on any atom is 0.225 e. The van der Waals surface area contributed by atoms with E-state index in [-0.39, 0.29) is 23.7 Å². The van der Waals surface area contributed by atoms with E-state index in [1.807, 2.05) is 0 Å². The molecule has 1 aliphatic rings. The Hall–Kier alpha value is -1.38. The monoisotopic (exact) mass is 179 g/mol. The summed E-state index contributed by atoms with van der Waals surface area (Å²) in [6, 6.07) is 6.39. The fourth-order valence-electron chi connectivity index (χ4n) is 1.54. The van der Waals surface area contributed by atoms with Crippen LogP contribution in [0.5, 0.6) is 0 Å². The number of hydrogen-bond donors (Lipinski definition) is 1. The van der Waals surface area contributed by atoms with Crippen molar-refractivity contribution in [3.05, 3.63) is 35.6 Å². The summed E-state index contributed by atoms with van der Waals surface area (Å²) in [5.41, 5.74) is 0.578. The standard InChI is InChI=1S/C10H10FNO/c1-6-9(12-10(6)13)7-4-2-3-5-8(7)11/h2-6,9H,1H3,(H,12,13). The Morgan fingerprint density at radius 3 is 2.62 bits per heavy atom. The van der Waals surface area contributed by atoms with Gasteiger partial charge in [0.05, 0.1) is 12.0 Å². The van der Waals surface area contributed by atoms with Crippen molar-refractivity contribution in [2.24, 2.45) is 5.92 Å². The highest BCUT2D eigenvalue weighted by atomic mass is 19.1. The van der Waals surface area contributed by atoms with Crippen molar-refractivity contribution in [3.63, 3.8) is 0 Å². The summed E-state index contributed by atoms with van der Waals surface area (Å²) in [7, 11) is 0. The van der Waals surface area contributed by atoms with Gasteiger partial charge in [-0.1, -0.05) is 25.1 Å². The molecule has 1 N–H and O–H groups in total. The molecule has 0 saturated carbocycles. The summed E-state index contributed by atoms with van der Waals surface area (Å²) < 4.78 is 13.2. The minimum absolute atomic E-state index is 0.00625. The lowest BCUT2D eigenvalue weighted by Crippen LogP contribution is -2.50. The molecule has 1 aromatic rings. The highest BCUT2D eigenvalue weighted by molar-refractivity contribution is 5.85. The molecule has 13 heavy (non-hydrogen) atoms. The number of nitrogens with one attached hydrogen (secondary N) is 1. The zero-order valence-corrected chi connectivity index (χ0v) is 7.25. The summed E-state index contributed by atoms with van der Waals surface area (Å²) in [6.45, 7) is 1.80. The first-order valence-electron chi connectivity index (χ1n) is 4.25. The molecular formula is C10H10FNO. The highest BCUT2D eigenvalue weighted by Gasteiger charge is 2.37. The number of rotatable bonds is 1. The topological polar surface area (TPSA) is 29.1 Å². The molecule has 0 aliphatic carbocycles. The fourth-order valence-corrected chi connectivity index (χ4v) is 1.54. The third kappa shape index (κ3) is 1.20. The molecule has 1 heterocycles. The van der Waals surface area contributed by atoms with Gasteiger partial charge in [0.2, 0.25) is 5.91 Å². The molecule has 1 amide bonds. The third-order valence-corrected chi connectivity index (χ3v) is 2.45. The lowest BCUT2D eigenvalue weighted by Gasteiger charge is -2.34. The van der Waals surface area contributed by atoms with Gasteiger partial charge >= 0.3 is 0 Å². The van der Waals surface area contributed by atoms with Crippen LogP contribution in [0, 0.1) is 11.7 Å². The third-order valence-electron chi connectivity index (χ3n) is 2.45. The molecule has 1 fully saturated rings. The lowest BCUT2D eigenvalue weighted by atomic mass is 9.86. The molecule has 0 bridgehead atoms. The van der Waals surface area contributed by atoms with Gasteiger partial charge in [0.25, 0.3) is 0 Å². The van der Waals surface area contributed by atoms with Gasteiger partial charge in [-0.05, 0) is 6.07 Å². The van der Waals surface area contributed by atoms with Crippen molar-refractivity contribution < 1.29 is 9.18 Å². The number of carbonyl (C=O) groups excluding carboxylic acids is 1. The van der Waals surface area contributed by atoms with E-state index in [2.05, 4.69) is 5.32 Å². The Bertz CT molecular complexity index is 351. The van der Waals surface area contributed by atoms with E-state index in [0.717, 1.165) is 0 Å². The van der Waals surface area contributed by atoms with Gasteiger partial charge in [0.15, 0.2) is 0 Å². The Morgan fingerprint density at radius 2 is 2.08 bits per heavy atom. The maximum absolute atomic E-state index is 13.2. The molecule has 2 atom stereocenters. The minimum atomic E-state index is -0.251. The average molecular weight is 179 g/mol. The van der Waals surface area contributed by atoms with Gasteiger partial charge in [-0.2, -0.15) is 0 Å². The highest BCUT2D eigenvalue weighted by Crippen LogP contribution is 2.31. The number of β-lactam (4-membered cyclic amide) rings is 1. The molecule has 0 spiro atoms. The van der Waals surface area contributed by atoms with E-state index in [1.165, 1.54) is 6.07 Å². The van der Waals surface area contributed by atoms with Crippen LogP contribution in [-0.4, -0.2) is 5.91 Å². The molecule has 2 unspecified atom stereocenters. The first-order valence-corrected chi connectivity index (χ1v) is 4.25. The van der Waals surface area contributed by atoms with Gasteiger partial charge in [-0.3, -0.25) is 4.79 Å². The van der Waals surface area contributed by atoms with Crippen LogP contribution in [0.25, 0.3) is 0 Å². The SMILES string of the molecule is CC1C(=O)NC1c1ccccc1F. The van der Waals surface area contributed by atoms with Crippen LogP contribution < -0.4 is 5.32 Å². The first-order chi connectivity index (χ1) is 6.20. The molecule has 1 aliphatic heterocycles. The quantitative estimate of drug-likeness (QED) is 0.652. The van der Waals surface area contributed by atoms with Gasteiger partial charge in [-0.25, -0.2) is 4.39 Å². The Morgan fingerprint density at radius 1 is 1.38 bits per heavy atom. The van der Waals surface area contributed by atoms with E-state index >= 15 is 0 Å². The molecule has 68 valence electrons. The number of hydrogen-bond acceptors (Lipinski definition) is 1. The summed E-state index contributed by atoms with van der Waals surface area (Å²) in [6.07, 6.45) is 0. The summed E-state index contributed by atoms with van der Waals surface area (Å²) in [5, 5.41) is 2.67. The predicted octanol–water partition coefficient (Wildman–Crippen LogP) is 1.63. The first kappa shape index (κ1) is 8.23. The molecule has 2 nitrogen and oxygen atoms in total. The van der Waals surface area contributed by atoms with E-state index in [1.54, 1.807) is 25.1 Å². The Labute approximate surface area is 75.8 Å². The van der Waals surface area contributed by atoms with Crippen LogP contribution in [0.3, 0.4) is 0 Å². The second-order valence-corrected chi connectivity index (χ2v) is 3.30. The second-order valence-electron chi connectivity index (χ2n) is 3.30. The molecule has 0 aromatic heterocycles. The number of halogens is 1. The van der Waals surface area contributed by atoms with Crippen molar-refractivity contribution >= 4 is 5.91 Å². The zero-order valence-electron chi connectivity index (χ0n) is 7.25. The van der Waals surface area contributed by atoms with E-state index < -0.39 is 0 Å². The number of amides is 1. The molecule has 3 heteroatoms. The van der Waals surface area contributed by atoms with Gasteiger partial charge < -0.3 is 5.32 Å². The van der Waals surface area contributed by atoms with Crippen LogP contribution in [0.1, 0.15) is 18.5 Å². The summed E-state index contributed by atoms with van der Waals surface area (Å²) in [4.78, 5) is 10.9. The van der Waals surface area contributed by atoms with Crippen LogP contribution >= 0.6 is 0 Å². The summed E-state index contributed by atoms with van der Waals surface area (Å²) in [5.74, 6) is -0.371. The van der Waals surface area contributed by atoms with Crippen molar-refractivity contribution in [3.8, 4) is 0 Å². The molecule has 0 radical (unpaired) electrons.